The average Bonchev–Trinajstić information content (AvgIpc) is 3.02. The van der Waals surface area contributed by atoms with Gasteiger partial charge in [-0.25, -0.2) is 16.8 Å². The fourth-order valence-corrected chi connectivity index (χ4v) is 6.64. The number of hydrogen-bond acceptors (Lipinski definition) is 5. The van der Waals surface area contributed by atoms with Crippen LogP contribution in [0.1, 0.15) is 50.4 Å². The molecule has 0 spiro atoms. The van der Waals surface area contributed by atoms with Gasteiger partial charge < -0.3 is 4.90 Å². The van der Waals surface area contributed by atoms with Crippen molar-refractivity contribution >= 4 is 25.8 Å². The van der Waals surface area contributed by atoms with Gasteiger partial charge in [0.15, 0.2) is 9.84 Å². The Kier molecular flexibility index (Phi) is 7.64. The fourth-order valence-electron chi connectivity index (χ4n) is 3.45. The second-order valence-electron chi connectivity index (χ2n) is 7.02. The highest BCUT2D eigenvalue weighted by Gasteiger charge is 2.34. The number of unbranched alkanes of at least 4 members (excludes halogenated alkanes) is 1. The highest BCUT2D eigenvalue weighted by atomic mass is 32.2. The van der Waals surface area contributed by atoms with E-state index in [1.807, 2.05) is 6.92 Å². The van der Waals surface area contributed by atoms with E-state index in [-0.39, 0.29) is 28.4 Å². The Morgan fingerprint density at radius 1 is 1.11 bits per heavy atom. The second kappa shape index (κ2) is 9.37. The van der Waals surface area contributed by atoms with Gasteiger partial charge in [0.1, 0.15) is 0 Å². The number of benzene rings is 1. The molecular formula is C19H30N2O5S2. The number of sulfonamides is 1. The van der Waals surface area contributed by atoms with Crippen LogP contribution in [0, 0.1) is 0 Å². The average molecular weight is 431 g/mol. The normalized spacial score (nSPS) is 19.1. The summed E-state index contributed by atoms with van der Waals surface area (Å²) >= 11 is 0. The molecule has 1 atom stereocenters. The summed E-state index contributed by atoms with van der Waals surface area (Å²) in [4.78, 5) is 14.8. The molecule has 0 N–H and O–H groups in total. The van der Waals surface area contributed by atoms with Crippen molar-refractivity contribution in [3.8, 4) is 0 Å². The lowest BCUT2D eigenvalue weighted by atomic mass is 10.1. The molecule has 2 rings (SSSR count). The molecule has 1 fully saturated rings. The first-order valence-electron chi connectivity index (χ1n) is 9.77. The minimum atomic E-state index is -3.58. The van der Waals surface area contributed by atoms with E-state index in [0.717, 1.165) is 12.8 Å². The smallest absolute Gasteiger partial charge is 0.254 e. The van der Waals surface area contributed by atoms with Gasteiger partial charge in [0.25, 0.3) is 5.91 Å². The third kappa shape index (κ3) is 5.12. The SMILES string of the molecule is CCCCN(C(=O)c1ccc(S(=O)(=O)N(CC)CC)cc1)[C@H]1CCS(=O)(=O)C1. The fraction of sp³-hybridized carbons (Fsp3) is 0.632. The van der Waals surface area contributed by atoms with Crippen LogP contribution >= 0.6 is 0 Å². The van der Waals surface area contributed by atoms with E-state index in [1.54, 1.807) is 18.7 Å². The van der Waals surface area contributed by atoms with E-state index in [2.05, 4.69) is 0 Å². The molecule has 0 radical (unpaired) electrons. The van der Waals surface area contributed by atoms with Crippen molar-refractivity contribution in [2.24, 2.45) is 0 Å². The van der Waals surface area contributed by atoms with Crippen molar-refractivity contribution in [3.05, 3.63) is 29.8 Å². The largest absolute Gasteiger partial charge is 0.335 e. The quantitative estimate of drug-likeness (QED) is 0.599. The standard InChI is InChI=1S/C19H30N2O5S2/c1-4-7-13-21(17-12-14-27(23,24)15-17)19(22)16-8-10-18(11-9-16)28(25,26)20(5-2)6-3/h8-11,17H,4-7,12-15H2,1-3H3/t17-/m0/s1. The summed E-state index contributed by atoms with van der Waals surface area (Å²) in [5.41, 5.74) is 0.374. The Morgan fingerprint density at radius 2 is 1.71 bits per heavy atom. The predicted molar refractivity (Wildman–Crippen MR) is 110 cm³/mol. The predicted octanol–water partition coefficient (Wildman–Crippen LogP) is 2.15. The van der Waals surface area contributed by atoms with Crippen molar-refractivity contribution in [3.63, 3.8) is 0 Å². The number of amides is 1. The van der Waals surface area contributed by atoms with Crippen LogP contribution in [0.4, 0.5) is 0 Å². The molecule has 1 aromatic carbocycles. The first-order valence-corrected chi connectivity index (χ1v) is 13.0. The molecule has 7 nitrogen and oxygen atoms in total. The molecule has 0 bridgehead atoms. The van der Waals surface area contributed by atoms with Gasteiger partial charge in [-0.1, -0.05) is 27.2 Å². The van der Waals surface area contributed by atoms with Crippen molar-refractivity contribution in [1.82, 2.24) is 9.21 Å². The van der Waals surface area contributed by atoms with Gasteiger partial charge in [-0.15, -0.1) is 0 Å². The summed E-state index contributed by atoms with van der Waals surface area (Å²) in [6, 6.07) is 5.61. The zero-order chi connectivity index (χ0) is 20.9. The minimum Gasteiger partial charge on any atom is -0.335 e. The van der Waals surface area contributed by atoms with Crippen molar-refractivity contribution in [2.45, 2.75) is 51.0 Å². The van der Waals surface area contributed by atoms with E-state index < -0.39 is 19.9 Å². The zero-order valence-corrected chi connectivity index (χ0v) is 18.4. The first kappa shape index (κ1) is 22.8. The number of sulfone groups is 1. The summed E-state index contributed by atoms with van der Waals surface area (Å²) in [6.45, 7) is 6.82. The maximum absolute atomic E-state index is 13.0. The number of rotatable bonds is 9. The summed E-state index contributed by atoms with van der Waals surface area (Å²) < 4.78 is 50.2. The third-order valence-corrected chi connectivity index (χ3v) is 8.92. The lowest BCUT2D eigenvalue weighted by Crippen LogP contribution is -2.41. The first-order chi connectivity index (χ1) is 13.2. The van der Waals surface area contributed by atoms with Crippen LogP contribution in [0.2, 0.25) is 0 Å². The Bertz CT molecular complexity index is 875. The molecule has 0 aromatic heterocycles. The second-order valence-corrected chi connectivity index (χ2v) is 11.2. The van der Waals surface area contributed by atoms with Gasteiger partial charge >= 0.3 is 0 Å². The number of carbonyl (C=O) groups excluding carboxylic acids is 1. The van der Waals surface area contributed by atoms with E-state index in [9.17, 15) is 21.6 Å². The molecule has 0 unspecified atom stereocenters. The van der Waals surface area contributed by atoms with Gasteiger partial charge in [0.2, 0.25) is 10.0 Å². The molecule has 9 heteroatoms. The maximum atomic E-state index is 13.0. The topological polar surface area (TPSA) is 91.8 Å². The molecule has 1 heterocycles. The van der Waals surface area contributed by atoms with Crippen LogP contribution < -0.4 is 0 Å². The Balaban J connectivity index is 2.25. The van der Waals surface area contributed by atoms with Crippen molar-refractivity contribution in [1.29, 1.82) is 0 Å². The van der Waals surface area contributed by atoms with Crippen LogP contribution in [0.25, 0.3) is 0 Å². The van der Waals surface area contributed by atoms with Crippen LogP contribution in [0.3, 0.4) is 0 Å². The number of carbonyl (C=O) groups is 1. The van der Waals surface area contributed by atoms with E-state index in [1.165, 1.54) is 28.6 Å². The Morgan fingerprint density at radius 3 is 2.18 bits per heavy atom. The Hall–Kier alpha value is -1.45. The van der Waals surface area contributed by atoms with Crippen molar-refractivity contribution < 1.29 is 21.6 Å². The highest BCUT2D eigenvalue weighted by molar-refractivity contribution is 7.91. The molecule has 28 heavy (non-hydrogen) atoms. The van der Waals surface area contributed by atoms with Crippen molar-refractivity contribution in [2.75, 3.05) is 31.1 Å². The summed E-state index contributed by atoms with van der Waals surface area (Å²) in [5, 5.41) is 0. The lowest BCUT2D eigenvalue weighted by Gasteiger charge is -2.28. The molecule has 1 aliphatic rings. The summed E-state index contributed by atoms with van der Waals surface area (Å²) in [6.07, 6.45) is 2.13. The minimum absolute atomic E-state index is 0.00310. The maximum Gasteiger partial charge on any atom is 0.254 e. The lowest BCUT2D eigenvalue weighted by molar-refractivity contribution is 0.0694. The monoisotopic (exact) mass is 430 g/mol. The summed E-state index contributed by atoms with van der Waals surface area (Å²) in [7, 11) is -6.68. The molecule has 0 saturated carbocycles. The number of hydrogen-bond donors (Lipinski definition) is 0. The van der Waals surface area contributed by atoms with E-state index >= 15 is 0 Å². The van der Waals surface area contributed by atoms with Gasteiger partial charge in [-0.2, -0.15) is 4.31 Å². The highest BCUT2D eigenvalue weighted by Crippen LogP contribution is 2.22. The van der Waals surface area contributed by atoms with Gasteiger partial charge in [0.05, 0.1) is 16.4 Å². The van der Waals surface area contributed by atoms with Crippen LogP contribution in [-0.2, 0) is 19.9 Å². The van der Waals surface area contributed by atoms with Crippen LogP contribution in [-0.4, -0.2) is 69.1 Å². The van der Waals surface area contributed by atoms with Crippen LogP contribution in [0.15, 0.2) is 29.2 Å². The molecule has 158 valence electrons. The van der Waals surface area contributed by atoms with E-state index in [4.69, 9.17) is 0 Å². The number of nitrogens with zero attached hydrogens (tertiary/aromatic N) is 2. The van der Waals surface area contributed by atoms with Crippen LogP contribution in [0.5, 0.6) is 0 Å². The molecule has 1 amide bonds. The third-order valence-electron chi connectivity index (χ3n) is 5.11. The zero-order valence-electron chi connectivity index (χ0n) is 16.8. The van der Waals surface area contributed by atoms with Gasteiger partial charge in [-0.3, -0.25) is 4.79 Å². The molecule has 1 saturated heterocycles. The molecule has 0 aliphatic carbocycles. The molecular weight excluding hydrogens is 400 g/mol. The van der Waals surface area contributed by atoms with Gasteiger partial charge in [-0.05, 0) is 37.1 Å². The van der Waals surface area contributed by atoms with Gasteiger partial charge in [0, 0.05) is 31.2 Å². The van der Waals surface area contributed by atoms with E-state index in [0.29, 0.717) is 31.6 Å². The molecule has 1 aromatic rings. The molecule has 1 aliphatic heterocycles. The Labute approximate surface area is 168 Å². The summed E-state index contributed by atoms with van der Waals surface area (Å²) in [5.74, 6) is -0.145.